The number of aliphatic carboxylic acids is 1. The lowest BCUT2D eigenvalue weighted by atomic mass is 10.1. The van der Waals surface area contributed by atoms with Gasteiger partial charge < -0.3 is 5.11 Å². The van der Waals surface area contributed by atoms with Crippen molar-refractivity contribution in [2.24, 2.45) is 0 Å². The zero-order valence-corrected chi connectivity index (χ0v) is 7.58. The summed E-state index contributed by atoms with van der Waals surface area (Å²) < 4.78 is 25.7. The molecule has 0 saturated carbocycles. The monoisotopic (exact) mass is 211 g/mol. The predicted molar refractivity (Wildman–Crippen MR) is 47.4 cm³/mol. The fourth-order valence-corrected chi connectivity index (χ4v) is 1.07. The quantitative estimate of drug-likeness (QED) is 0.827. The van der Waals surface area contributed by atoms with E-state index in [9.17, 15) is 13.6 Å². The Kier molecular flexibility index (Phi) is 3.34. The molecule has 0 bridgehead atoms. The van der Waals surface area contributed by atoms with E-state index in [1.165, 1.54) is 12.1 Å². The second kappa shape index (κ2) is 4.51. The van der Waals surface area contributed by atoms with Crippen molar-refractivity contribution in [3.05, 3.63) is 35.1 Å². The third kappa shape index (κ3) is 2.74. The second-order valence-corrected chi connectivity index (χ2v) is 2.94. The number of halogens is 2. The molecule has 0 saturated heterocycles. The normalized spacial score (nSPS) is 11.8. The van der Waals surface area contributed by atoms with E-state index in [0.29, 0.717) is 0 Å². The van der Waals surface area contributed by atoms with E-state index in [1.54, 1.807) is 6.07 Å². The number of alkyl halides is 1. The molecule has 5 heteroatoms. The molecule has 0 heterocycles. The Labute approximate surface area is 84.6 Å². The lowest BCUT2D eigenvalue weighted by Crippen LogP contribution is -2.17. The number of nitriles is 1. The highest BCUT2D eigenvalue weighted by Crippen LogP contribution is 2.12. The summed E-state index contributed by atoms with van der Waals surface area (Å²) in [6.07, 6.45) is -2.46. The fraction of sp³-hybridized carbons (Fsp3) is 0.200. The van der Waals surface area contributed by atoms with Gasteiger partial charge in [-0.2, -0.15) is 5.26 Å². The first kappa shape index (κ1) is 11.1. The Morgan fingerprint density at radius 3 is 2.73 bits per heavy atom. The minimum Gasteiger partial charge on any atom is -0.479 e. The highest BCUT2D eigenvalue weighted by Gasteiger charge is 2.16. The molecule has 3 nitrogen and oxygen atoms in total. The number of hydrogen-bond acceptors (Lipinski definition) is 2. The Morgan fingerprint density at radius 1 is 1.60 bits per heavy atom. The largest absolute Gasteiger partial charge is 0.479 e. The van der Waals surface area contributed by atoms with Crippen LogP contribution in [0.25, 0.3) is 0 Å². The van der Waals surface area contributed by atoms with Crippen molar-refractivity contribution < 1.29 is 18.7 Å². The summed E-state index contributed by atoms with van der Waals surface area (Å²) in [5, 5.41) is 16.7. The molecule has 1 aromatic carbocycles. The van der Waals surface area contributed by atoms with Crippen molar-refractivity contribution in [3.8, 4) is 6.07 Å². The summed E-state index contributed by atoms with van der Waals surface area (Å²) >= 11 is 0. The number of benzene rings is 1. The molecule has 0 fully saturated rings. The van der Waals surface area contributed by atoms with Crippen LogP contribution in [0.2, 0.25) is 0 Å². The summed E-state index contributed by atoms with van der Waals surface area (Å²) in [5.41, 5.74) is 0.0610. The van der Waals surface area contributed by atoms with E-state index in [-0.39, 0.29) is 11.1 Å². The van der Waals surface area contributed by atoms with Crippen molar-refractivity contribution in [1.82, 2.24) is 0 Å². The van der Waals surface area contributed by atoms with Gasteiger partial charge in [-0.05, 0) is 17.7 Å². The Bertz CT molecular complexity index is 426. The average molecular weight is 211 g/mol. The number of nitrogens with zero attached hydrogens (tertiary/aromatic N) is 1. The number of carbonyl (C=O) groups is 1. The van der Waals surface area contributed by atoms with Gasteiger partial charge in [-0.1, -0.05) is 6.07 Å². The molecular formula is C10H7F2NO2. The third-order valence-electron chi connectivity index (χ3n) is 1.84. The van der Waals surface area contributed by atoms with Crippen LogP contribution in [-0.2, 0) is 11.2 Å². The van der Waals surface area contributed by atoms with Crippen molar-refractivity contribution in [2.75, 3.05) is 0 Å². The molecule has 0 amide bonds. The first-order valence-corrected chi connectivity index (χ1v) is 4.10. The van der Waals surface area contributed by atoms with Gasteiger partial charge >= 0.3 is 5.97 Å². The van der Waals surface area contributed by atoms with Gasteiger partial charge in [0.2, 0.25) is 6.17 Å². The zero-order valence-electron chi connectivity index (χ0n) is 7.58. The van der Waals surface area contributed by atoms with E-state index in [1.807, 2.05) is 0 Å². The van der Waals surface area contributed by atoms with Gasteiger partial charge in [0.25, 0.3) is 0 Å². The van der Waals surface area contributed by atoms with Crippen LogP contribution in [-0.4, -0.2) is 17.2 Å². The van der Waals surface area contributed by atoms with Crippen molar-refractivity contribution in [3.63, 3.8) is 0 Å². The van der Waals surface area contributed by atoms with E-state index in [4.69, 9.17) is 10.4 Å². The van der Waals surface area contributed by atoms with Gasteiger partial charge in [0, 0.05) is 6.42 Å². The topological polar surface area (TPSA) is 61.1 Å². The van der Waals surface area contributed by atoms with E-state index < -0.39 is 24.4 Å². The van der Waals surface area contributed by atoms with Crippen molar-refractivity contribution in [1.29, 1.82) is 5.26 Å². The SMILES string of the molecule is N#Cc1ccc(CC(F)C(=O)O)cc1F. The number of hydrogen-bond donors (Lipinski definition) is 1. The summed E-state index contributed by atoms with van der Waals surface area (Å²) in [7, 11) is 0. The molecule has 78 valence electrons. The van der Waals surface area contributed by atoms with Crippen molar-refractivity contribution >= 4 is 5.97 Å². The molecule has 1 aromatic rings. The third-order valence-corrected chi connectivity index (χ3v) is 1.84. The highest BCUT2D eigenvalue weighted by molar-refractivity contribution is 5.72. The molecule has 1 unspecified atom stereocenters. The van der Waals surface area contributed by atoms with Gasteiger partial charge in [-0.25, -0.2) is 13.6 Å². The molecule has 0 aliphatic heterocycles. The summed E-state index contributed by atoms with van der Waals surface area (Å²) in [4.78, 5) is 10.2. The smallest absolute Gasteiger partial charge is 0.338 e. The van der Waals surface area contributed by atoms with Crippen LogP contribution in [0.15, 0.2) is 18.2 Å². The second-order valence-electron chi connectivity index (χ2n) is 2.94. The highest BCUT2D eigenvalue weighted by atomic mass is 19.1. The molecular weight excluding hydrogens is 204 g/mol. The van der Waals surface area contributed by atoms with Gasteiger partial charge in [0.15, 0.2) is 0 Å². The maximum absolute atomic E-state index is 13.0. The summed E-state index contributed by atoms with van der Waals surface area (Å²) in [5.74, 6) is -2.35. The maximum Gasteiger partial charge on any atom is 0.338 e. The zero-order chi connectivity index (χ0) is 11.4. The molecule has 15 heavy (non-hydrogen) atoms. The van der Waals surface area contributed by atoms with Crippen molar-refractivity contribution in [2.45, 2.75) is 12.6 Å². The van der Waals surface area contributed by atoms with Crippen LogP contribution in [0.5, 0.6) is 0 Å². The minimum atomic E-state index is -2.06. The van der Waals surface area contributed by atoms with E-state index in [2.05, 4.69) is 0 Å². The van der Waals surface area contributed by atoms with Gasteiger partial charge in [0.05, 0.1) is 5.56 Å². The average Bonchev–Trinajstić information content (AvgIpc) is 2.18. The first-order chi connectivity index (χ1) is 7.04. The van der Waals surface area contributed by atoms with Crippen LogP contribution >= 0.6 is 0 Å². The van der Waals surface area contributed by atoms with E-state index >= 15 is 0 Å². The fourth-order valence-electron chi connectivity index (χ4n) is 1.07. The Hall–Kier alpha value is -1.96. The van der Waals surface area contributed by atoms with E-state index in [0.717, 1.165) is 6.07 Å². The number of carboxylic acids is 1. The number of carboxylic acid groups (broad SMARTS) is 1. The first-order valence-electron chi connectivity index (χ1n) is 4.10. The van der Waals surface area contributed by atoms with Crippen LogP contribution < -0.4 is 0 Å². The van der Waals surface area contributed by atoms with Crippen LogP contribution in [0.1, 0.15) is 11.1 Å². The molecule has 0 aromatic heterocycles. The molecule has 1 N–H and O–H groups in total. The molecule has 1 atom stereocenters. The Balaban J connectivity index is 2.85. The van der Waals surface area contributed by atoms with Crippen LogP contribution in [0, 0.1) is 17.1 Å². The number of rotatable bonds is 3. The van der Waals surface area contributed by atoms with Crippen LogP contribution in [0.4, 0.5) is 8.78 Å². The Morgan fingerprint density at radius 2 is 2.27 bits per heavy atom. The molecule has 0 spiro atoms. The lowest BCUT2D eigenvalue weighted by molar-refractivity contribution is -0.142. The molecule has 0 aliphatic carbocycles. The molecule has 1 rings (SSSR count). The van der Waals surface area contributed by atoms with Gasteiger partial charge in [-0.3, -0.25) is 0 Å². The van der Waals surface area contributed by atoms with Gasteiger partial charge in [-0.15, -0.1) is 0 Å². The summed E-state index contributed by atoms with van der Waals surface area (Å²) in [6, 6.07) is 5.10. The van der Waals surface area contributed by atoms with Gasteiger partial charge in [0.1, 0.15) is 11.9 Å². The standard InChI is InChI=1S/C10H7F2NO2/c11-8-3-6(1-2-7(8)5-13)4-9(12)10(14)15/h1-3,9H,4H2,(H,14,15). The lowest BCUT2D eigenvalue weighted by Gasteiger charge is -2.03. The predicted octanol–water partition coefficient (Wildman–Crippen LogP) is 1.66. The molecule has 0 aliphatic rings. The van der Waals surface area contributed by atoms with Crippen LogP contribution in [0.3, 0.4) is 0 Å². The summed E-state index contributed by atoms with van der Waals surface area (Å²) in [6.45, 7) is 0. The minimum absolute atomic E-state index is 0.149. The maximum atomic E-state index is 13.0. The molecule has 0 radical (unpaired) electrons.